The Bertz CT molecular complexity index is 878. The molecule has 1 unspecified atom stereocenters. The second-order valence-corrected chi connectivity index (χ2v) is 8.45. The molecule has 2 aromatic rings. The fourth-order valence-corrected chi connectivity index (χ4v) is 5.12. The van der Waals surface area contributed by atoms with Gasteiger partial charge in [-0.25, -0.2) is 4.98 Å². The first-order valence-electron chi connectivity index (χ1n) is 11.3. The van der Waals surface area contributed by atoms with Gasteiger partial charge >= 0.3 is 0 Å². The van der Waals surface area contributed by atoms with Gasteiger partial charge in [0.05, 0.1) is 0 Å². The van der Waals surface area contributed by atoms with Gasteiger partial charge in [0, 0.05) is 51.4 Å². The number of rotatable bonds is 7. The summed E-state index contributed by atoms with van der Waals surface area (Å²) in [7, 11) is 0. The zero-order chi connectivity index (χ0) is 21.0. The molecule has 1 aromatic carbocycles. The molecule has 0 radical (unpaired) electrons. The summed E-state index contributed by atoms with van der Waals surface area (Å²) >= 11 is 0. The first kappa shape index (κ1) is 20.6. The lowest BCUT2D eigenvalue weighted by Gasteiger charge is -2.44. The number of hydrogen-bond acceptors (Lipinski definition) is 3. The van der Waals surface area contributed by atoms with Crippen LogP contribution in [-0.2, 0) is 29.0 Å². The first-order valence-corrected chi connectivity index (χ1v) is 11.3. The van der Waals surface area contributed by atoms with Crippen molar-refractivity contribution in [3.05, 3.63) is 54.1 Å². The van der Waals surface area contributed by atoms with Crippen molar-refractivity contribution in [3.63, 3.8) is 0 Å². The minimum atomic E-state index is -0.617. The molecule has 2 fully saturated rings. The van der Waals surface area contributed by atoms with Gasteiger partial charge in [0.1, 0.15) is 11.4 Å². The van der Waals surface area contributed by atoms with Crippen LogP contribution < -0.4 is 0 Å². The maximum absolute atomic E-state index is 13.5. The van der Waals surface area contributed by atoms with Crippen LogP contribution in [0.1, 0.15) is 50.4 Å². The first-order chi connectivity index (χ1) is 14.6. The molecule has 2 amide bonds. The normalized spacial score (nSPS) is 21.6. The second-order valence-electron chi connectivity index (χ2n) is 8.45. The maximum atomic E-state index is 13.5. The average molecular weight is 409 g/mol. The topological polar surface area (TPSA) is 58.4 Å². The fraction of sp³-hybridized carbons (Fsp3) is 0.542. The molecule has 6 heteroatoms. The smallest absolute Gasteiger partial charge is 0.248 e. The Morgan fingerprint density at radius 2 is 1.87 bits per heavy atom. The van der Waals surface area contributed by atoms with E-state index < -0.39 is 5.54 Å². The number of amides is 2. The molecule has 2 saturated heterocycles. The van der Waals surface area contributed by atoms with Gasteiger partial charge in [0.15, 0.2) is 0 Å². The van der Waals surface area contributed by atoms with Gasteiger partial charge in [-0.3, -0.25) is 9.59 Å². The van der Waals surface area contributed by atoms with Crippen LogP contribution in [0.2, 0.25) is 0 Å². The molecule has 4 rings (SSSR count). The average Bonchev–Trinajstić information content (AvgIpc) is 3.41. The zero-order valence-electron chi connectivity index (χ0n) is 17.9. The van der Waals surface area contributed by atoms with E-state index in [1.54, 1.807) is 6.20 Å². The number of aryl methyl sites for hydroxylation is 2. The highest BCUT2D eigenvalue weighted by Crippen LogP contribution is 2.38. The molecule has 6 nitrogen and oxygen atoms in total. The Balaban J connectivity index is 1.42. The summed E-state index contributed by atoms with van der Waals surface area (Å²) in [4.78, 5) is 34.9. The van der Waals surface area contributed by atoms with Crippen LogP contribution in [0.15, 0.2) is 42.7 Å². The number of aromatic nitrogens is 2. The molecular weight excluding hydrogens is 376 g/mol. The molecular formula is C24H32N4O2. The molecule has 0 N–H and O–H groups in total. The molecule has 2 aliphatic rings. The molecule has 0 saturated carbocycles. The minimum Gasteiger partial charge on any atom is -0.340 e. The standard InChI is InChI=1S/C24H32N4O2/c1-2-21-25-14-19-26(21)18-11-22(29)28-16-7-13-24(28)12-6-15-27(23(24)30)17-10-20-8-4-3-5-9-20/h3-5,8-9,14,19H,2,6-7,10-13,15-18H2,1H3. The van der Waals surface area contributed by atoms with Crippen LogP contribution >= 0.6 is 0 Å². The number of nitrogens with zero attached hydrogens (tertiary/aromatic N) is 4. The van der Waals surface area contributed by atoms with Gasteiger partial charge in [0.25, 0.3) is 0 Å². The molecule has 0 aliphatic carbocycles. The highest BCUT2D eigenvalue weighted by molar-refractivity contribution is 5.92. The summed E-state index contributed by atoms with van der Waals surface area (Å²) in [5.74, 6) is 1.26. The van der Waals surface area contributed by atoms with Crippen LogP contribution in [0.25, 0.3) is 0 Å². The Labute approximate surface area is 178 Å². The number of likely N-dealkylation sites (tertiary alicyclic amines) is 2. The van der Waals surface area contributed by atoms with Gasteiger partial charge < -0.3 is 14.4 Å². The largest absolute Gasteiger partial charge is 0.340 e. The lowest BCUT2D eigenvalue weighted by Crippen LogP contribution is -2.61. The Morgan fingerprint density at radius 3 is 2.63 bits per heavy atom. The van der Waals surface area contributed by atoms with Crippen LogP contribution in [0.5, 0.6) is 0 Å². The number of hydrogen-bond donors (Lipinski definition) is 0. The summed E-state index contributed by atoms with van der Waals surface area (Å²) in [6, 6.07) is 10.3. The lowest BCUT2D eigenvalue weighted by atomic mass is 9.85. The van der Waals surface area contributed by atoms with Crippen molar-refractivity contribution in [2.75, 3.05) is 19.6 Å². The van der Waals surface area contributed by atoms with Crippen LogP contribution in [0.3, 0.4) is 0 Å². The van der Waals surface area contributed by atoms with Crippen molar-refractivity contribution >= 4 is 11.8 Å². The lowest BCUT2D eigenvalue weighted by molar-refractivity contribution is -0.155. The number of carbonyl (C=O) groups excluding carboxylic acids is 2. The SMILES string of the molecule is CCc1nccn1CCC(=O)N1CCCC12CCCN(CCc1ccccc1)C2=O. The van der Waals surface area contributed by atoms with Crippen molar-refractivity contribution in [3.8, 4) is 0 Å². The molecule has 3 heterocycles. The van der Waals surface area contributed by atoms with Crippen LogP contribution in [0, 0.1) is 0 Å². The summed E-state index contributed by atoms with van der Waals surface area (Å²) in [6.07, 6.45) is 9.32. The Morgan fingerprint density at radius 1 is 1.10 bits per heavy atom. The fourth-order valence-electron chi connectivity index (χ4n) is 5.12. The second kappa shape index (κ2) is 9.02. The summed E-state index contributed by atoms with van der Waals surface area (Å²) in [5.41, 5.74) is 0.630. The summed E-state index contributed by atoms with van der Waals surface area (Å²) < 4.78 is 2.05. The van der Waals surface area contributed by atoms with Crippen LogP contribution in [0.4, 0.5) is 0 Å². The van der Waals surface area contributed by atoms with E-state index in [0.29, 0.717) is 19.5 Å². The maximum Gasteiger partial charge on any atom is 0.248 e. The van der Waals surface area contributed by atoms with Gasteiger partial charge in [-0.05, 0) is 37.7 Å². The van der Waals surface area contributed by atoms with Crippen molar-refractivity contribution in [2.24, 2.45) is 0 Å². The highest BCUT2D eigenvalue weighted by Gasteiger charge is 2.52. The van der Waals surface area contributed by atoms with E-state index in [4.69, 9.17) is 0 Å². The molecule has 1 aromatic heterocycles. The Hall–Kier alpha value is -2.63. The van der Waals surface area contributed by atoms with Crippen molar-refractivity contribution in [2.45, 2.75) is 64.0 Å². The molecule has 2 aliphatic heterocycles. The molecule has 30 heavy (non-hydrogen) atoms. The van der Waals surface area contributed by atoms with Gasteiger partial charge in [-0.1, -0.05) is 37.3 Å². The third-order valence-electron chi connectivity index (χ3n) is 6.69. The van der Waals surface area contributed by atoms with Crippen molar-refractivity contribution in [1.82, 2.24) is 19.4 Å². The molecule has 1 spiro atoms. The van der Waals surface area contributed by atoms with E-state index in [1.165, 1.54) is 5.56 Å². The number of benzene rings is 1. The van der Waals surface area contributed by atoms with Gasteiger partial charge in [0.2, 0.25) is 11.8 Å². The molecule has 1 atom stereocenters. The summed E-state index contributed by atoms with van der Waals surface area (Å²) in [5, 5.41) is 0. The minimum absolute atomic E-state index is 0.0986. The zero-order valence-corrected chi connectivity index (χ0v) is 17.9. The van der Waals surface area contributed by atoms with Crippen molar-refractivity contribution in [1.29, 1.82) is 0 Å². The number of piperidine rings is 1. The van der Waals surface area contributed by atoms with E-state index in [-0.39, 0.29) is 11.8 Å². The summed E-state index contributed by atoms with van der Waals surface area (Å²) in [6.45, 7) is 4.91. The van der Waals surface area contributed by atoms with E-state index in [0.717, 1.165) is 57.4 Å². The predicted octanol–water partition coefficient (Wildman–Crippen LogP) is 3.06. The van der Waals surface area contributed by atoms with Crippen molar-refractivity contribution < 1.29 is 9.59 Å². The third kappa shape index (κ3) is 4.00. The van der Waals surface area contributed by atoms with Gasteiger partial charge in [-0.15, -0.1) is 0 Å². The highest BCUT2D eigenvalue weighted by atomic mass is 16.2. The third-order valence-corrected chi connectivity index (χ3v) is 6.69. The van der Waals surface area contributed by atoms with Crippen LogP contribution in [-0.4, -0.2) is 56.3 Å². The van der Waals surface area contributed by atoms with Gasteiger partial charge in [-0.2, -0.15) is 0 Å². The van der Waals surface area contributed by atoms with E-state index in [1.807, 2.05) is 34.2 Å². The number of carbonyl (C=O) groups is 2. The van der Waals surface area contributed by atoms with E-state index >= 15 is 0 Å². The molecule has 160 valence electrons. The monoisotopic (exact) mass is 408 g/mol. The number of imidazole rings is 1. The van der Waals surface area contributed by atoms with E-state index in [2.05, 4.69) is 28.6 Å². The Kier molecular flexibility index (Phi) is 6.21. The quantitative estimate of drug-likeness (QED) is 0.708. The predicted molar refractivity (Wildman–Crippen MR) is 116 cm³/mol. The molecule has 0 bridgehead atoms. The van der Waals surface area contributed by atoms with E-state index in [9.17, 15) is 9.59 Å².